The van der Waals surface area contributed by atoms with Crippen molar-refractivity contribution in [1.29, 1.82) is 0 Å². The highest BCUT2D eigenvalue weighted by atomic mass is 32.2. The van der Waals surface area contributed by atoms with Gasteiger partial charge in [-0.3, -0.25) is 9.55 Å². The average molecular weight is 394 g/mol. The topological polar surface area (TPSA) is 43.6 Å². The van der Waals surface area contributed by atoms with Crippen LogP contribution in [0, 0.1) is 18.6 Å². The second-order valence-corrected chi connectivity index (χ2v) is 7.10. The van der Waals surface area contributed by atoms with Gasteiger partial charge in [0.15, 0.2) is 11.0 Å². The molecule has 0 unspecified atom stereocenters. The fraction of sp³-hybridized carbons (Fsp3) is 0.0952. The van der Waals surface area contributed by atoms with Gasteiger partial charge in [0, 0.05) is 29.3 Å². The molecule has 0 bridgehead atoms. The van der Waals surface area contributed by atoms with E-state index in [1.165, 1.54) is 30.0 Å². The Kier molecular flexibility index (Phi) is 5.16. The molecule has 4 aromatic rings. The van der Waals surface area contributed by atoms with Crippen LogP contribution >= 0.6 is 11.8 Å². The van der Waals surface area contributed by atoms with Crippen LogP contribution in [0.3, 0.4) is 0 Å². The lowest BCUT2D eigenvalue weighted by molar-refractivity contribution is 0.566. The molecular formula is C21H16F2N4S. The maximum absolute atomic E-state index is 14.0. The lowest BCUT2D eigenvalue weighted by Crippen LogP contribution is -2.02. The second-order valence-electron chi connectivity index (χ2n) is 6.16. The summed E-state index contributed by atoms with van der Waals surface area (Å²) >= 11 is 1.24. The van der Waals surface area contributed by atoms with Crippen molar-refractivity contribution in [2.24, 2.45) is 0 Å². The van der Waals surface area contributed by atoms with E-state index >= 15 is 0 Å². The molecule has 0 aliphatic carbocycles. The summed E-state index contributed by atoms with van der Waals surface area (Å²) < 4.78 is 29.9. The maximum Gasteiger partial charge on any atom is 0.196 e. The Morgan fingerprint density at radius 2 is 1.71 bits per heavy atom. The van der Waals surface area contributed by atoms with Gasteiger partial charge in [0.05, 0.1) is 5.69 Å². The number of para-hydroxylation sites is 1. The third-order valence-electron chi connectivity index (χ3n) is 4.32. The van der Waals surface area contributed by atoms with Crippen LogP contribution in [-0.4, -0.2) is 19.7 Å². The summed E-state index contributed by atoms with van der Waals surface area (Å²) in [5.41, 5.74) is 2.77. The lowest BCUT2D eigenvalue weighted by atomic mass is 10.2. The Balaban J connectivity index is 1.78. The van der Waals surface area contributed by atoms with Crippen LogP contribution in [-0.2, 0) is 5.75 Å². The molecule has 0 saturated carbocycles. The van der Waals surface area contributed by atoms with Gasteiger partial charge in [0.1, 0.15) is 11.6 Å². The fourth-order valence-corrected chi connectivity index (χ4v) is 3.85. The minimum Gasteiger partial charge on any atom is -0.270 e. The molecule has 4 rings (SSSR count). The van der Waals surface area contributed by atoms with Gasteiger partial charge in [0.25, 0.3) is 0 Å². The Bertz CT molecular complexity index is 1090. The molecule has 0 radical (unpaired) electrons. The van der Waals surface area contributed by atoms with Crippen LogP contribution < -0.4 is 0 Å². The van der Waals surface area contributed by atoms with Crippen molar-refractivity contribution >= 4 is 11.8 Å². The molecule has 0 N–H and O–H groups in total. The maximum atomic E-state index is 14.0. The number of pyridine rings is 1. The zero-order chi connectivity index (χ0) is 19.5. The summed E-state index contributed by atoms with van der Waals surface area (Å²) in [6, 6.07) is 15.4. The first-order chi connectivity index (χ1) is 13.6. The van der Waals surface area contributed by atoms with Crippen molar-refractivity contribution in [2.45, 2.75) is 17.8 Å². The van der Waals surface area contributed by atoms with Crippen molar-refractivity contribution in [3.05, 3.63) is 89.8 Å². The molecule has 2 heterocycles. The van der Waals surface area contributed by atoms with Crippen molar-refractivity contribution in [2.75, 3.05) is 0 Å². The highest BCUT2D eigenvalue weighted by Gasteiger charge is 2.19. The number of hydrogen-bond acceptors (Lipinski definition) is 4. The fourth-order valence-electron chi connectivity index (χ4n) is 2.88. The summed E-state index contributed by atoms with van der Waals surface area (Å²) in [6.45, 7) is 1.99. The molecular weight excluding hydrogens is 378 g/mol. The molecule has 0 amide bonds. The first-order valence-corrected chi connectivity index (χ1v) is 9.61. The SMILES string of the molecule is Cc1ccccc1-n1c(SCc2c(F)cccc2F)nnc1-c1cccnc1. The zero-order valence-electron chi connectivity index (χ0n) is 15.0. The van der Waals surface area contributed by atoms with E-state index in [4.69, 9.17) is 0 Å². The van der Waals surface area contributed by atoms with Gasteiger partial charge in [-0.2, -0.15) is 0 Å². The van der Waals surface area contributed by atoms with E-state index < -0.39 is 11.6 Å². The van der Waals surface area contributed by atoms with Crippen LogP contribution in [0.5, 0.6) is 0 Å². The van der Waals surface area contributed by atoms with Crippen LogP contribution in [0.15, 0.2) is 72.1 Å². The van der Waals surface area contributed by atoms with E-state index in [1.54, 1.807) is 12.4 Å². The Labute approximate surface area is 165 Å². The molecule has 0 aliphatic rings. The van der Waals surface area contributed by atoms with Crippen molar-refractivity contribution in [3.8, 4) is 17.1 Å². The molecule has 0 saturated heterocycles. The number of benzene rings is 2. The largest absolute Gasteiger partial charge is 0.270 e. The molecule has 0 spiro atoms. The summed E-state index contributed by atoms with van der Waals surface area (Å²) in [4.78, 5) is 4.16. The molecule has 0 fully saturated rings. The second kappa shape index (κ2) is 7.90. The molecule has 4 nitrogen and oxygen atoms in total. The van der Waals surface area contributed by atoms with Crippen LogP contribution in [0.2, 0.25) is 0 Å². The van der Waals surface area contributed by atoms with Crippen LogP contribution in [0.25, 0.3) is 17.1 Å². The van der Waals surface area contributed by atoms with Crippen molar-refractivity contribution in [1.82, 2.24) is 19.7 Å². The molecule has 0 aliphatic heterocycles. The highest BCUT2D eigenvalue weighted by molar-refractivity contribution is 7.98. The van der Waals surface area contributed by atoms with Gasteiger partial charge in [0.2, 0.25) is 0 Å². The van der Waals surface area contributed by atoms with Crippen molar-refractivity contribution in [3.63, 3.8) is 0 Å². The van der Waals surface area contributed by atoms with Gasteiger partial charge >= 0.3 is 0 Å². The van der Waals surface area contributed by atoms with Gasteiger partial charge in [-0.1, -0.05) is 36.0 Å². The smallest absolute Gasteiger partial charge is 0.196 e. The summed E-state index contributed by atoms with van der Waals surface area (Å²) in [5.74, 6) is -0.405. The number of nitrogens with zero attached hydrogens (tertiary/aromatic N) is 4. The third-order valence-corrected chi connectivity index (χ3v) is 5.27. The van der Waals surface area contributed by atoms with Gasteiger partial charge in [-0.05, 0) is 42.8 Å². The minimum absolute atomic E-state index is 0.0229. The van der Waals surface area contributed by atoms with E-state index in [2.05, 4.69) is 15.2 Å². The Morgan fingerprint density at radius 3 is 2.43 bits per heavy atom. The molecule has 28 heavy (non-hydrogen) atoms. The van der Waals surface area contributed by atoms with Gasteiger partial charge < -0.3 is 0 Å². The quantitative estimate of drug-likeness (QED) is 0.436. The summed E-state index contributed by atoms with van der Waals surface area (Å²) in [7, 11) is 0. The Hall–Kier alpha value is -3.06. The zero-order valence-corrected chi connectivity index (χ0v) is 15.8. The molecule has 2 aromatic carbocycles. The van der Waals surface area contributed by atoms with Gasteiger partial charge in [-0.15, -0.1) is 10.2 Å². The van der Waals surface area contributed by atoms with E-state index in [0.717, 1.165) is 16.8 Å². The van der Waals surface area contributed by atoms with Crippen LogP contribution in [0.4, 0.5) is 8.78 Å². The molecule has 140 valence electrons. The normalized spacial score (nSPS) is 11.0. The van der Waals surface area contributed by atoms with Crippen LogP contribution in [0.1, 0.15) is 11.1 Å². The standard InChI is InChI=1S/C21H16F2N4S/c1-14-6-2-3-10-19(14)27-20(15-7-5-11-24-12-15)25-26-21(27)28-13-16-17(22)8-4-9-18(16)23/h2-12H,13H2,1H3. The monoisotopic (exact) mass is 394 g/mol. The number of aryl methyl sites for hydroxylation is 1. The number of rotatable bonds is 5. The van der Waals surface area contributed by atoms with Gasteiger partial charge in [-0.25, -0.2) is 8.78 Å². The van der Waals surface area contributed by atoms with E-state index in [-0.39, 0.29) is 11.3 Å². The Morgan fingerprint density at radius 1 is 0.929 bits per heavy atom. The highest BCUT2D eigenvalue weighted by Crippen LogP contribution is 2.31. The first-order valence-electron chi connectivity index (χ1n) is 8.62. The number of aromatic nitrogens is 4. The van der Waals surface area contributed by atoms with E-state index in [1.807, 2.05) is 47.9 Å². The number of halogens is 2. The van der Waals surface area contributed by atoms with Crippen molar-refractivity contribution < 1.29 is 8.78 Å². The summed E-state index contributed by atoms with van der Waals surface area (Å²) in [6.07, 6.45) is 3.40. The molecule has 0 atom stereocenters. The number of hydrogen-bond donors (Lipinski definition) is 0. The molecule has 2 aromatic heterocycles. The molecule has 7 heteroatoms. The summed E-state index contributed by atoms with van der Waals surface area (Å²) in [5, 5.41) is 9.16. The lowest BCUT2D eigenvalue weighted by Gasteiger charge is -2.13. The first kappa shape index (κ1) is 18.3. The predicted molar refractivity (Wildman–Crippen MR) is 105 cm³/mol. The average Bonchev–Trinajstić information content (AvgIpc) is 3.12. The predicted octanol–water partition coefficient (Wildman–Crippen LogP) is 5.21. The third kappa shape index (κ3) is 3.53. The van der Waals surface area contributed by atoms with E-state index in [9.17, 15) is 8.78 Å². The number of thioether (sulfide) groups is 1. The van der Waals surface area contributed by atoms with E-state index in [0.29, 0.717) is 11.0 Å². The minimum atomic E-state index is -0.568.